The molecule has 0 spiro atoms. The van der Waals surface area contributed by atoms with Crippen LogP contribution >= 0.6 is 0 Å². The second kappa shape index (κ2) is 7.74. The summed E-state index contributed by atoms with van der Waals surface area (Å²) >= 11 is 0. The Morgan fingerprint density at radius 3 is 2.48 bits per heavy atom. The number of hydrogen-bond donors (Lipinski definition) is 0. The molecule has 2 aliphatic rings. The molecule has 0 unspecified atom stereocenters. The summed E-state index contributed by atoms with van der Waals surface area (Å²) in [5.41, 5.74) is 3.61. The average Bonchev–Trinajstić information content (AvgIpc) is 3.09. The first-order valence-electron chi connectivity index (χ1n) is 9.66. The van der Waals surface area contributed by atoms with E-state index in [1.807, 2.05) is 18.2 Å². The second-order valence-corrected chi connectivity index (χ2v) is 10.2. The summed E-state index contributed by atoms with van der Waals surface area (Å²) in [4.78, 5) is 2.28. The molecule has 0 bridgehead atoms. The van der Waals surface area contributed by atoms with Gasteiger partial charge in [-0.3, -0.25) is 4.90 Å². The van der Waals surface area contributed by atoms with Crippen molar-refractivity contribution >= 4 is 9.84 Å². The Morgan fingerprint density at radius 1 is 1.00 bits per heavy atom. The van der Waals surface area contributed by atoms with Crippen LogP contribution in [0.3, 0.4) is 0 Å². The average molecular weight is 386 g/mol. The van der Waals surface area contributed by atoms with Crippen molar-refractivity contribution in [2.75, 3.05) is 18.8 Å². The highest BCUT2D eigenvalue weighted by Gasteiger charge is 2.48. The fourth-order valence-corrected chi connectivity index (χ4v) is 6.42. The first-order chi connectivity index (χ1) is 13.0. The van der Waals surface area contributed by atoms with E-state index in [1.165, 1.54) is 11.1 Å². The summed E-state index contributed by atoms with van der Waals surface area (Å²) in [5.74, 6) is 0.310. The summed E-state index contributed by atoms with van der Waals surface area (Å²) in [6, 6.07) is 18.6. The van der Waals surface area contributed by atoms with E-state index < -0.39 is 9.84 Å². The van der Waals surface area contributed by atoms with E-state index in [0.29, 0.717) is 19.6 Å². The van der Waals surface area contributed by atoms with E-state index in [9.17, 15) is 8.42 Å². The van der Waals surface area contributed by atoms with E-state index in [0.717, 1.165) is 18.7 Å². The van der Waals surface area contributed by atoms with Crippen molar-refractivity contribution in [2.24, 2.45) is 5.92 Å². The lowest BCUT2D eigenvalue weighted by atomic mass is 9.98. The minimum atomic E-state index is -3.03. The summed E-state index contributed by atoms with van der Waals surface area (Å²) in [5, 5.41) is -0.294. The summed E-state index contributed by atoms with van der Waals surface area (Å²) in [6.07, 6.45) is 0.621. The third-order valence-corrected chi connectivity index (χ3v) is 8.07. The Kier molecular flexibility index (Phi) is 5.35. The highest BCUT2D eigenvalue weighted by atomic mass is 32.2. The topological polar surface area (TPSA) is 46.6 Å². The summed E-state index contributed by atoms with van der Waals surface area (Å²) in [6.45, 7) is 4.83. The van der Waals surface area contributed by atoms with E-state index in [1.54, 1.807) is 0 Å². The molecule has 0 N–H and O–H groups in total. The van der Waals surface area contributed by atoms with Gasteiger partial charge in [-0.15, -0.1) is 0 Å². The van der Waals surface area contributed by atoms with Crippen molar-refractivity contribution in [3.05, 3.63) is 71.3 Å². The number of hydrogen-bond acceptors (Lipinski definition) is 4. The van der Waals surface area contributed by atoms with Crippen molar-refractivity contribution in [1.29, 1.82) is 0 Å². The van der Waals surface area contributed by atoms with Gasteiger partial charge in [-0.1, -0.05) is 60.2 Å². The molecule has 2 aromatic rings. The third-order valence-electron chi connectivity index (χ3n) is 5.84. The van der Waals surface area contributed by atoms with Crippen molar-refractivity contribution in [3.8, 4) is 0 Å². The van der Waals surface area contributed by atoms with Crippen LogP contribution in [0.1, 0.15) is 23.1 Å². The molecular formula is C22H27NO3S. The molecule has 4 nitrogen and oxygen atoms in total. The Morgan fingerprint density at radius 2 is 1.74 bits per heavy atom. The number of ether oxygens (including phenoxy) is 1. The van der Waals surface area contributed by atoms with E-state index in [2.05, 4.69) is 48.2 Å². The van der Waals surface area contributed by atoms with Crippen LogP contribution < -0.4 is 0 Å². The van der Waals surface area contributed by atoms with E-state index in [4.69, 9.17) is 4.74 Å². The minimum absolute atomic E-state index is 0.0155. The van der Waals surface area contributed by atoms with Crippen molar-refractivity contribution in [3.63, 3.8) is 0 Å². The molecule has 0 aromatic heterocycles. The van der Waals surface area contributed by atoms with Gasteiger partial charge in [-0.2, -0.15) is 0 Å². The minimum Gasteiger partial charge on any atom is -0.373 e. The maximum Gasteiger partial charge on any atom is 0.154 e. The molecule has 0 saturated carbocycles. The zero-order valence-electron chi connectivity index (χ0n) is 15.8. The van der Waals surface area contributed by atoms with Gasteiger partial charge in [0.15, 0.2) is 9.84 Å². The molecule has 27 heavy (non-hydrogen) atoms. The third kappa shape index (κ3) is 4.26. The summed E-state index contributed by atoms with van der Waals surface area (Å²) < 4.78 is 31.5. The van der Waals surface area contributed by atoms with Gasteiger partial charge in [0, 0.05) is 25.6 Å². The predicted octanol–water partition coefficient (Wildman–Crippen LogP) is 3.20. The monoisotopic (exact) mass is 385 g/mol. The lowest BCUT2D eigenvalue weighted by molar-refractivity contribution is -0.000962. The number of rotatable bonds is 5. The van der Waals surface area contributed by atoms with Gasteiger partial charge in [0.2, 0.25) is 0 Å². The van der Waals surface area contributed by atoms with Crippen LogP contribution in [0.5, 0.6) is 0 Å². The molecule has 2 fully saturated rings. The van der Waals surface area contributed by atoms with Crippen LogP contribution in [0.4, 0.5) is 0 Å². The standard InChI is InChI=1S/C22H27NO3S/c1-17-7-9-18(10-8-17)13-23-14-20-21(11-12-27(24,25)22(20)15-23)26-16-19-5-3-2-4-6-19/h2-10,20-22H,11-16H2,1H3/t20-,21+,22-/m1/s1. The van der Waals surface area contributed by atoms with Crippen molar-refractivity contribution in [2.45, 2.75) is 37.9 Å². The molecule has 144 valence electrons. The number of nitrogens with zero attached hydrogens (tertiary/aromatic N) is 1. The van der Waals surface area contributed by atoms with Crippen LogP contribution in [-0.4, -0.2) is 43.5 Å². The molecule has 0 radical (unpaired) electrons. The fraction of sp³-hybridized carbons (Fsp3) is 0.455. The number of sulfone groups is 1. The molecule has 5 heteroatoms. The molecule has 2 saturated heterocycles. The first-order valence-corrected chi connectivity index (χ1v) is 11.4. The highest BCUT2D eigenvalue weighted by molar-refractivity contribution is 7.92. The summed E-state index contributed by atoms with van der Waals surface area (Å²) in [7, 11) is -3.03. The van der Waals surface area contributed by atoms with Gasteiger partial charge >= 0.3 is 0 Å². The van der Waals surface area contributed by atoms with Crippen LogP contribution in [0.2, 0.25) is 0 Å². The van der Waals surface area contributed by atoms with Crippen molar-refractivity contribution < 1.29 is 13.2 Å². The van der Waals surface area contributed by atoms with Crippen LogP contribution in [0.25, 0.3) is 0 Å². The number of benzene rings is 2. The maximum atomic E-state index is 12.6. The lowest BCUT2D eigenvalue weighted by Crippen LogP contribution is -2.44. The van der Waals surface area contributed by atoms with Gasteiger partial charge in [-0.25, -0.2) is 8.42 Å². The molecular weight excluding hydrogens is 358 g/mol. The van der Waals surface area contributed by atoms with Gasteiger partial charge in [0.1, 0.15) is 0 Å². The van der Waals surface area contributed by atoms with Crippen LogP contribution in [-0.2, 0) is 27.7 Å². The van der Waals surface area contributed by atoms with E-state index >= 15 is 0 Å². The molecule has 4 rings (SSSR count). The van der Waals surface area contributed by atoms with Gasteiger partial charge < -0.3 is 4.74 Å². The quantitative estimate of drug-likeness (QED) is 0.793. The van der Waals surface area contributed by atoms with Gasteiger partial charge in [-0.05, 0) is 24.5 Å². The highest BCUT2D eigenvalue weighted by Crippen LogP contribution is 2.35. The number of likely N-dealkylation sites (tertiary alicyclic amines) is 1. The number of aryl methyl sites for hydroxylation is 1. The zero-order chi connectivity index (χ0) is 18.9. The molecule has 2 aliphatic heterocycles. The Hall–Kier alpha value is -1.69. The Bertz CT molecular complexity index is 864. The first kappa shape index (κ1) is 18.7. The SMILES string of the molecule is Cc1ccc(CN2C[C@@H]3[C@@H](OCc4ccccc4)CCS(=O)(=O)[C@@H]3C2)cc1. The second-order valence-electron chi connectivity index (χ2n) is 7.87. The molecule has 3 atom stereocenters. The van der Waals surface area contributed by atoms with Crippen molar-refractivity contribution in [1.82, 2.24) is 4.90 Å². The van der Waals surface area contributed by atoms with Crippen LogP contribution in [0, 0.1) is 12.8 Å². The van der Waals surface area contributed by atoms with E-state index in [-0.39, 0.29) is 23.0 Å². The Labute approximate surface area is 162 Å². The number of fused-ring (bicyclic) bond motifs is 1. The maximum absolute atomic E-state index is 12.6. The Balaban J connectivity index is 1.44. The normalized spacial score (nSPS) is 27.4. The van der Waals surface area contributed by atoms with Gasteiger partial charge in [0.05, 0.1) is 23.7 Å². The largest absolute Gasteiger partial charge is 0.373 e. The molecule has 0 amide bonds. The fourth-order valence-electron chi connectivity index (χ4n) is 4.33. The molecule has 2 heterocycles. The predicted molar refractivity (Wildman–Crippen MR) is 107 cm³/mol. The lowest BCUT2D eigenvalue weighted by Gasteiger charge is -2.32. The smallest absolute Gasteiger partial charge is 0.154 e. The zero-order valence-corrected chi connectivity index (χ0v) is 16.6. The molecule has 2 aromatic carbocycles. The molecule has 0 aliphatic carbocycles. The van der Waals surface area contributed by atoms with Gasteiger partial charge in [0.25, 0.3) is 0 Å². The van der Waals surface area contributed by atoms with Crippen LogP contribution in [0.15, 0.2) is 54.6 Å².